The molecular weight excluding hydrogens is 358 g/mol. The van der Waals surface area contributed by atoms with Crippen molar-refractivity contribution in [3.63, 3.8) is 0 Å². The van der Waals surface area contributed by atoms with Crippen molar-refractivity contribution in [3.05, 3.63) is 48.9 Å². The fourth-order valence-corrected chi connectivity index (χ4v) is 3.75. The van der Waals surface area contributed by atoms with E-state index in [4.69, 9.17) is 0 Å². The molecule has 1 aliphatic rings. The molecule has 3 heterocycles. The van der Waals surface area contributed by atoms with Gasteiger partial charge >= 0.3 is 0 Å². The van der Waals surface area contributed by atoms with Gasteiger partial charge in [-0.3, -0.25) is 9.78 Å². The van der Waals surface area contributed by atoms with Crippen LogP contribution in [0, 0.1) is 5.92 Å². The number of benzene rings is 1. The molecule has 0 spiro atoms. The molecule has 3 aromatic rings. The monoisotopic (exact) mass is 379 g/mol. The van der Waals surface area contributed by atoms with E-state index in [9.17, 15) is 4.79 Å². The van der Waals surface area contributed by atoms with E-state index in [-0.39, 0.29) is 11.8 Å². The molecular formula is C20H21N5OS. The van der Waals surface area contributed by atoms with Crippen molar-refractivity contribution in [2.45, 2.75) is 17.7 Å². The Morgan fingerprint density at radius 1 is 1.11 bits per heavy atom. The minimum atomic E-state index is 0.0367. The summed E-state index contributed by atoms with van der Waals surface area (Å²) in [5, 5.41) is 3.04. The lowest BCUT2D eigenvalue weighted by atomic mass is 9.95. The number of hydrogen-bond acceptors (Lipinski definition) is 6. The molecule has 138 valence electrons. The molecule has 1 saturated heterocycles. The van der Waals surface area contributed by atoms with Crippen molar-refractivity contribution in [2.75, 3.05) is 29.6 Å². The largest absolute Gasteiger partial charge is 0.370 e. The first-order valence-electron chi connectivity index (χ1n) is 8.99. The number of carbonyl (C=O) groups excluding carboxylic acids is 1. The summed E-state index contributed by atoms with van der Waals surface area (Å²) in [6, 6.07) is 9.99. The summed E-state index contributed by atoms with van der Waals surface area (Å²) in [6.07, 6.45) is 8.86. The second-order valence-corrected chi connectivity index (χ2v) is 7.45. The predicted molar refractivity (Wildman–Crippen MR) is 109 cm³/mol. The lowest BCUT2D eigenvalue weighted by Crippen LogP contribution is -2.38. The highest BCUT2D eigenvalue weighted by molar-refractivity contribution is 7.98. The lowest BCUT2D eigenvalue weighted by molar-refractivity contribution is -0.120. The lowest BCUT2D eigenvalue weighted by Gasteiger charge is -2.32. The van der Waals surface area contributed by atoms with Crippen molar-refractivity contribution >= 4 is 40.2 Å². The van der Waals surface area contributed by atoms with Gasteiger partial charge < -0.3 is 10.2 Å². The summed E-state index contributed by atoms with van der Waals surface area (Å²) in [5.74, 6) is 0.142. The quantitative estimate of drug-likeness (QED) is 0.699. The van der Waals surface area contributed by atoms with Gasteiger partial charge in [0.25, 0.3) is 0 Å². The maximum atomic E-state index is 12.6. The molecule has 0 bridgehead atoms. The van der Waals surface area contributed by atoms with Gasteiger partial charge in [-0.15, -0.1) is 11.8 Å². The van der Waals surface area contributed by atoms with Crippen LogP contribution in [0.2, 0.25) is 0 Å². The molecule has 1 fully saturated rings. The van der Waals surface area contributed by atoms with Gasteiger partial charge in [0.05, 0.1) is 11.9 Å². The first kappa shape index (κ1) is 17.7. The molecule has 1 amide bonds. The van der Waals surface area contributed by atoms with Gasteiger partial charge in [0, 0.05) is 42.0 Å². The van der Waals surface area contributed by atoms with Crippen molar-refractivity contribution < 1.29 is 4.79 Å². The fraction of sp³-hybridized carbons (Fsp3) is 0.300. The Morgan fingerprint density at radius 3 is 2.59 bits per heavy atom. The van der Waals surface area contributed by atoms with E-state index in [2.05, 4.69) is 25.2 Å². The minimum absolute atomic E-state index is 0.0367. The predicted octanol–water partition coefficient (Wildman–Crippen LogP) is 3.60. The van der Waals surface area contributed by atoms with E-state index in [1.807, 2.05) is 42.8 Å². The highest BCUT2D eigenvalue weighted by Gasteiger charge is 2.25. The molecule has 1 aromatic carbocycles. The number of fused-ring (bicyclic) bond motifs is 1. The molecule has 2 aromatic heterocycles. The molecule has 0 aliphatic carbocycles. The van der Waals surface area contributed by atoms with E-state index < -0.39 is 0 Å². The summed E-state index contributed by atoms with van der Waals surface area (Å²) in [4.78, 5) is 28.9. The third kappa shape index (κ3) is 4.03. The highest BCUT2D eigenvalue weighted by atomic mass is 32.2. The summed E-state index contributed by atoms with van der Waals surface area (Å²) in [5.41, 5.74) is 3.35. The minimum Gasteiger partial charge on any atom is -0.370 e. The van der Waals surface area contributed by atoms with Crippen LogP contribution in [0.25, 0.3) is 11.2 Å². The number of pyridine rings is 1. The average Bonchev–Trinajstić information content (AvgIpc) is 2.74. The number of anilines is 2. The van der Waals surface area contributed by atoms with E-state index in [0.717, 1.165) is 42.8 Å². The van der Waals surface area contributed by atoms with Gasteiger partial charge in [0.1, 0.15) is 5.52 Å². The number of carbonyl (C=O) groups is 1. The second-order valence-electron chi connectivity index (χ2n) is 6.57. The Bertz CT molecular complexity index is 939. The summed E-state index contributed by atoms with van der Waals surface area (Å²) in [7, 11) is 0. The molecule has 0 saturated carbocycles. The van der Waals surface area contributed by atoms with Crippen LogP contribution >= 0.6 is 11.8 Å². The van der Waals surface area contributed by atoms with Crippen LogP contribution in [-0.4, -0.2) is 40.2 Å². The summed E-state index contributed by atoms with van der Waals surface area (Å²) < 4.78 is 0. The van der Waals surface area contributed by atoms with Gasteiger partial charge in [0.15, 0.2) is 5.65 Å². The van der Waals surface area contributed by atoms with Crippen LogP contribution in [-0.2, 0) is 4.79 Å². The SMILES string of the molecule is CSc1ccc(NC(=O)C2CCN(c3cnc4nccnc4c3)CC2)cc1. The number of nitrogens with zero attached hydrogens (tertiary/aromatic N) is 4. The van der Waals surface area contributed by atoms with E-state index in [1.54, 1.807) is 24.2 Å². The van der Waals surface area contributed by atoms with Crippen molar-refractivity contribution in [1.29, 1.82) is 0 Å². The maximum absolute atomic E-state index is 12.6. The number of nitrogens with one attached hydrogen (secondary N) is 1. The smallest absolute Gasteiger partial charge is 0.227 e. The standard InChI is InChI=1S/C20H21N5OS/c1-27-17-4-2-15(3-5-17)24-20(26)14-6-10-25(11-7-14)16-12-18-19(23-13-16)22-9-8-21-18/h2-5,8-9,12-14H,6-7,10-11H2,1H3,(H,24,26). The van der Waals surface area contributed by atoms with Crippen LogP contribution in [0.15, 0.2) is 53.8 Å². The first-order valence-corrected chi connectivity index (χ1v) is 10.2. The molecule has 0 unspecified atom stereocenters. The molecule has 4 rings (SSSR count). The van der Waals surface area contributed by atoms with Crippen molar-refractivity contribution in [1.82, 2.24) is 15.0 Å². The van der Waals surface area contributed by atoms with Gasteiger partial charge in [-0.2, -0.15) is 0 Å². The zero-order valence-corrected chi connectivity index (χ0v) is 15.9. The van der Waals surface area contributed by atoms with Crippen LogP contribution in [0.4, 0.5) is 11.4 Å². The number of piperidine rings is 1. The van der Waals surface area contributed by atoms with Gasteiger partial charge in [-0.05, 0) is 49.4 Å². The van der Waals surface area contributed by atoms with Crippen LogP contribution in [0.1, 0.15) is 12.8 Å². The molecule has 27 heavy (non-hydrogen) atoms. The normalized spacial score (nSPS) is 15.1. The van der Waals surface area contributed by atoms with E-state index >= 15 is 0 Å². The molecule has 1 N–H and O–H groups in total. The Balaban J connectivity index is 1.36. The number of thioether (sulfide) groups is 1. The number of hydrogen-bond donors (Lipinski definition) is 1. The third-order valence-corrected chi connectivity index (χ3v) is 5.64. The topological polar surface area (TPSA) is 71.0 Å². The Kier molecular flexibility index (Phi) is 5.20. The molecule has 1 aliphatic heterocycles. The molecule has 7 heteroatoms. The Hall–Kier alpha value is -2.67. The van der Waals surface area contributed by atoms with Crippen LogP contribution in [0.3, 0.4) is 0 Å². The van der Waals surface area contributed by atoms with Crippen molar-refractivity contribution in [2.24, 2.45) is 5.92 Å². The second kappa shape index (κ2) is 7.92. The summed E-state index contributed by atoms with van der Waals surface area (Å²) in [6.45, 7) is 1.66. The summed E-state index contributed by atoms with van der Waals surface area (Å²) >= 11 is 1.69. The Morgan fingerprint density at radius 2 is 1.85 bits per heavy atom. The maximum Gasteiger partial charge on any atom is 0.227 e. The molecule has 0 atom stereocenters. The van der Waals surface area contributed by atoms with Gasteiger partial charge in [0.2, 0.25) is 5.91 Å². The van der Waals surface area contributed by atoms with E-state index in [1.165, 1.54) is 4.90 Å². The first-order chi connectivity index (χ1) is 13.2. The van der Waals surface area contributed by atoms with Gasteiger partial charge in [-0.25, -0.2) is 9.97 Å². The fourth-order valence-electron chi connectivity index (χ4n) is 3.34. The zero-order chi connectivity index (χ0) is 18.6. The Labute approximate surface area is 162 Å². The molecule has 0 radical (unpaired) electrons. The van der Waals surface area contributed by atoms with Crippen LogP contribution < -0.4 is 10.2 Å². The third-order valence-electron chi connectivity index (χ3n) is 4.90. The number of amides is 1. The zero-order valence-electron chi connectivity index (χ0n) is 15.1. The number of aromatic nitrogens is 3. The highest BCUT2D eigenvalue weighted by Crippen LogP contribution is 2.25. The average molecular weight is 379 g/mol. The molecule has 6 nitrogen and oxygen atoms in total. The van der Waals surface area contributed by atoms with Gasteiger partial charge in [-0.1, -0.05) is 0 Å². The number of rotatable bonds is 4. The van der Waals surface area contributed by atoms with Crippen LogP contribution in [0.5, 0.6) is 0 Å². The van der Waals surface area contributed by atoms with Crippen molar-refractivity contribution in [3.8, 4) is 0 Å². The van der Waals surface area contributed by atoms with E-state index in [0.29, 0.717) is 5.65 Å².